The van der Waals surface area contributed by atoms with Crippen molar-refractivity contribution in [1.82, 2.24) is 15.2 Å². The van der Waals surface area contributed by atoms with E-state index in [1.807, 2.05) is 25.9 Å². The second-order valence-electron chi connectivity index (χ2n) is 4.12. The average Bonchev–Trinajstić information content (AvgIpc) is 2.58. The molecule has 6 nitrogen and oxygen atoms in total. The molecule has 0 spiro atoms. The molecule has 1 rings (SSSR count). The van der Waals surface area contributed by atoms with E-state index in [0.29, 0.717) is 10.0 Å². The monoisotopic (exact) mass is 257 g/mol. The molecule has 0 saturated carbocycles. The van der Waals surface area contributed by atoms with Gasteiger partial charge in [0.2, 0.25) is 0 Å². The summed E-state index contributed by atoms with van der Waals surface area (Å²) in [6.07, 6.45) is 0. The van der Waals surface area contributed by atoms with Gasteiger partial charge in [0.25, 0.3) is 5.91 Å². The molecular formula is C10H19N5OS. The third-order valence-electron chi connectivity index (χ3n) is 2.09. The zero-order chi connectivity index (χ0) is 13.0. The van der Waals surface area contributed by atoms with E-state index in [2.05, 4.69) is 15.6 Å². The summed E-state index contributed by atoms with van der Waals surface area (Å²) in [4.78, 5) is 18.4. The predicted molar refractivity (Wildman–Crippen MR) is 71.6 cm³/mol. The maximum Gasteiger partial charge on any atom is 0.265 e. The summed E-state index contributed by atoms with van der Waals surface area (Å²) in [6, 6.07) is 0.0667. The number of nitrogen functional groups attached to an aromatic ring is 1. The average molecular weight is 257 g/mol. The molecule has 4 N–H and O–H groups in total. The number of thiazole rings is 1. The lowest BCUT2D eigenvalue weighted by atomic mass is 10.3. The van der Waals surface area contributed by atoms with Gasteiger partial charge in [0.1, 0.15) is 10.7 Å². The van der Waals surface area contributed by atoms with Gasteiger partial charge in [-0.2, -0.15) is 0 Å². The van der Waals surface area contributed by atoms with Crippen molar-refractivity contribution >= 4 is 28.2 Å². The summed E-state index contributed by atoms with van der Waals surface area (Å²) < 4.78 is 0. The van der Waals surface area contributed by atoms with Crippen LogP contribution in [0.4, 0.5) is 10.9 Å². The first-order valence-corrected chi connectivity index (χ1v) is 6.15. The van der Waals surface area contributed by atoms with Crippen LogP contribution in [0.2, 0.25) is 0 Å². The van der Waals surface area contributed by atoms with Gasteiger partial charge in [-0.1, -0.05) is 11.3 Å². The smallest absolute Gasteiger partial charge is 0.265 e. The van der Waals surface area contributed by atoms with Gasteiger partial charge in [-0.25, -0.2) is 4.98 Å². The normalized spacial score (nSPS) is 12.5. The number of hydrogen-bond acceptors (Lipinski definition) is 6. The van der Waals surface area contributed by atoms with Crippen molar-refractivity contribution in [3.05, 3.63) is 4.88 Å². The number of nitrogens with one attached hydrogen (secondary N) is 2. The Balaban J connectivity index is 2.66. The molecular weight excluding hydrogens is 238 g/mol. The van der Waals surface area contributed by atoms with Crippen molar-refractivity contribution < 1.29 is 4.79 Å². The third kappa shape index (κ3) is 3.86. The number of aromatic nitrogens is 1. The predicted octanol–water partition coefficient (Wildman–Crippen LogP) is 0.447. The molecule has 7 heteroatoms. The Morgan fingerprint density at radius 1 is 1.59 bits per heavy atom. The Morgan fingerprint density at radius 2 is 2.24 bits per heavy atom. The first kappa shape index (κ1) is 13.7. The number of nitrogens with zero attached hydrogens (tertiary/aromatic N) is 2. The van der Waals surface area contributed by atoms with E-state index in [4.69, 9.17) is 5.73 Å². The standard InChI is InChI=1S/C10H19N5OS/c1-6(5-15(3)4)13-9(16)7-8(11)14-10(12-2)17-7/h6H,5,11H2,1-4H3,(H,12,14)(H,13,16). The molecule has 0 aliphatic heterocycles. The van der Waals surface area contributed by atoms with E-state index in [-0.39, 0.29) is 17.8 Å². The molecule has 1 atom stereocenters. The minimum Gasteiger partial charge on any atom is -0.382 e. The molecule has 0 fully saturated rings. The van der Waals surface area contributed by atoms with E-state index in [1.165, 1.54) is 11.3 Å². The maximum atomic E-state index is 11.9. The maximum absolute atomic E-state index is 11.9. The quantitative estimate of drug-likeness (QED) is 0.713. The summed E-state index contributed by atoms with van der Waals surface area (Å²) in [6.45, 7) is 2.73. The van der Waals surface area contributed by atoms with Crippen LogP contribution in [-0.2, 0) is 0 Å². The number of carbonyl (C=O) groups excluding carboxylic acids is 1. The molecule has 1 unspecified atom stereocenters. The summed E-state index contributed by atoms with van der Waals surface area (Å²) >= 11 is 1.26. The number of amides is 1. The van der Waals surface area contributed by atoms with Gasteiger partial charge in [0.15, 0.2) is 5.13 Å². The second-order valence-corrected chi connectivity index (χ2v) is 5.12. The van der Waals surface area contributed by atoms with E-state index in [9.17, 15) is 4.79 Å². The van der Waals surface area contributed by atoms with Gasteiger partial charge in [0.05, 0.1) is 0 Å². The molecule has 1 heterocycles. The molecule has 0 radical (unpaired) electrons. The van der Waals surface area contributed by atoms with Crippen LogP contribution >= 0.6 is 11.3 Å². The van der Waals surface area contributed by atoms with Gasteiger partial charge in [0, 0.05) is 19.6 Å². The van der Waals surface area contributed by atoms with Gasteiger partial charge in [-0.3, -0.25) is 4.79 Å². The lowest BCUT2D eigenvalue weighted by Gasteiger charge is -2.17. The molecule has 1 aromatic rings. The van der Waals surface area contributed by atoms with Crippen molar-refractivity contribution in [2.45, 2.75) is 13.0 Å². The minimum atomic E-state index is -0.171. The van der Waals surface area contributed by atoms with Crippen LogP contribution in [0.25, 0.3) is 0 Å². The van der Waals surface area contributed by atoms with E-state index >= 15 is 0 Å². The Labute approximate surface area is 105 Å². The summed E-state index contributed by atoms with van der Waals surface area (Å²) in [5.41, 5.74) is 5.68. The Hall–Kier alpha value is -1.34. The third-order valence-corrected chi connectivity index (χ3v) is 3.18. The number of likely N-dealkylation sites (N-methyl/N-ethyl adjacent to an activating group) is 1. The Bertz CT molecular complexity index is 390. The van der Waals surface area contributed by atoms with E-state index in [0.717, 1.165) is 6.54 Å². The molecule has 17 heavy (non-hydrogen) atoms. The highest BCUT2D eigenvalue weighted by Crippen LogP contribution is 2.24. The van der Waals surface area contributed by atoms with Crippen LogP contribution in [0.5, 0.6) is 0 Å². The lowest BCUT2D eigenvalue weighted by molar-refractivity contribution is 0.0939. The lowest BCUT2D eigenvalue weighted by Crippen LogP contribution is -2.39. The highest BCUT2D eigenvalue weighted by molar-refractivity contribution is 7.18. The zero-order valence-electron chi connectivity index (χ0n) is 10.6. The van der Waals surface area contributed by atoms with Gasteiger partial charge in [-0.15, -0.1) is 0 Å². The van der Waals surface area contributed by atoms with Crippen molar-refractivity contribution in [3.63, 3.8) is 0 Å². The highest BCUT2D eigenvalue weighted by Gasteiger charge is 2.17. The fraction of sp³-hybridized carbons (Fsp3) is 0.600. The molecule has 0 bridgehead atoms. The van der Waals surface area contributed by atoms with Crippen molar-refractivity contribution in [2.24, 2.45) is 0 Å². The number of rotatable bonds is 5. The number of hydrogen-bond donors (Lipinski definition) is 3. The summed E-state index contributed by atoms with van der Waals surface area (Å²) in [5, 5.41) is 6.40. The van der Waals surface area contributed by atoms with Gasteiger partial charge in [-0.05, 0) is 21.0 Å². The SMILES string of the molecule is CNc1nc(N)c(C(=O)NC(C)CN(C)C)s1. The molecule has 1 amide bonds. The molecule has 96 valence electrons. The highest BCUT2D eigenvalue weighted by atomic mass is 32.1. The molecule has 0 aliphatic carbocycles. The largest absolute Gasteiger partial charge is 0.382 e. The van der Waals surface area contributed by atoms with E-state index < -0.39 is 0 Å². The zero-order valence-corrected chi connectivity index (χ0v) is 11.4. The first-order valence-electron chi connectivity index (χ1n) is 5.33. The fourth-order valence-corrected chi connectivity index (χ4v) is 2.23. The molecule has 0 aliphatic rings. The Morgan fingerprint density at radius 3 is 2.71 bits per heavy atom. The Kier molecular flexibility index (Phi) is 4.71. The van der Waals surface area contributed by atoms with Crippen LogP contribution < -0.4 is 16.4 Å². The van der Waals surface area contributed by atoms with Crippen molar-refractivity contribution in [3.8, 4) is 0 Å². The molecule has 0 saturated heterocycles. The second kappa shape index (κ2) is 5.83. The topological polar surface area (TPSA) is 83.3 Å². The molecule has 1 aromatic heterocycles. The van der Waals surface area contributed by atoms with E-state index in [1.54, 1.807) is 7.05 Å². The van der Waals surface area contributed by atoms with Crippen LogP contribution in [0.15, 0.2) is 0 Å². The van der Waals surface area contributed by atoms with Crippen molar-refractivity contribution in [2.75, 3.05) is 38.7 Å². The molecule has 0 aromatic carbocycles. The van der Waals surface area contributed by atoms with Crippen LogP contribution in [-0.4, -0.2) is 49.5 Å². The first-order chi connectivity index (χ1) is 7.93. The van der Waals surface area contributed by atoms with Crippen LogP contribution in [0.3, 0.4) is 0 Å². The number of nitrogens with two attached hydrogens (primary N) is 1. The summed E-state index contributed by atoms with van der Waals surface area (Å²) in [7, 11) is 5.67. The minimum absolute atomic E-state index is 0.0667. The van der Waals surface area contributed by atoms with Crippen molar-refractivity contribution in [1.29, 1.82) is 0 Å². The van der Waals surface area contributed by atoms with Gasteiger partial charge >= 0.3 is 0 Å². The number of anilines is 2. The fourth-order valence-electron chi connectivity index (χ4n) is 1.48. The number of carbonyl (C=O) groups is 1. The van der Waals surface area contributed by atoms with Gasteiger partial charge < -0.3 is 21.3 Å². The summed E-state index contributed by atoms with van der Waals surface area (Å²) in [5.74, 6) is 0.102. The van der Waals surface area contributed by atoms with Crippen LogP contribution in [0.1, 0.15) is 16.6 Å². The van der Waals surface area contributed by atoms with Crippen LogP contribution in [0, 0.1) is 0 Å².